The van der Waals surface area contributed by atoms with Crippen LogP contribution in [0.2, 0.25) is 5.02 Å². The van der Waals surface area contributed by atoms with Crippen LogP contribution in [0.1, 0.15) is 10.4 Å². The van der Waals surface area contributed by atoms with E-state index in [0.29, 0.717) is 18.2 Å². The first kappa shape index (κ1) is 15.1. The second-order valence-electron chi connectivity index (χ2n) is 4.06. The fourth-order valence-electron chi connectivity index (χ4n) is 1.62. The van der Waals surface area contributed by atoms with Crippen molar-refractivity contribution >= 4 is 28.9 Å². The number of hydrogen-bond donors (Lipinski definition) is 2. The lowest BCUT2D eigenvalue weighted by atomic mass is 10.1. The smallest absolute Gasteiger partial charge is 0.258 e. The molecule has 0 atom stereocenters. The molecule has 2 rings (SSSR count). The number of carbonyl (C=O) groups excluding carboxylic acids is 1. The number of nitrogens with two attached hydrogens (primary N) is 1. The third-order valence-electron chi connectivity index (χ3n) is 2.56. The van der Waals surface area contributed by atoms with Gasteiger partial charge in [0.15, 0.2) is 11.6 Å². The van der Waals surface area contributed by atoms with Crippen LogP contribution >= 0.6 is 11.6 Å². The van der Waals surface area contributed by atoms with E-state index in [4.69, 9.17) is 17.3 Å². The average Bonchev–Trinajstić information content (AvgIpc) is 2.37. The first-order valence-electron chi connectivity index (χ1n) is 5.50. The molecule has 0 saturated heterocycles. The van der Waals surface area contributed by atoms with Gasteiger partial charge in [0.2, 0.25) is 0 Å². The van der Waals surface area contributed by atoms with E-state index in [2.05, 4.69) is 0 Å². The third kappa shape index (κ3) is 3.08. The van der Waals surface area contributed by atoms with Crippen molar-refractivity contribution in [3.63, 3.8) is 0 Å². The first-order valence-corrected chi connectivity index (χ1v) is 5.88. The number of hydrogen-bond acceptors (Lipinski definition) is 2. The summed E-state index contributed by atoms with van der Waals surface area (Å²) in [6, 6.07) is 2.53. The summed E-state index contributed by atoms with van der Waals surface area (Å²) < 4.78 is 53.2. The molecular formula is C13H7ClF4N2O. The number of amides is 1. The highest BCUT2D eigenvalue weighted by molar-refractivity contribution is 6.34. The summed E-state index contributed by atoms with van der Waals surface area (Å²) in [5.41, 5.74) is 3.33. The summed E-state index contributed by atoms with van der Waals surface area (Å²) >= 11 is 5.58. The van der Waals surface area contributed by atoms with Gasteiger partial charge >= 0.3 is 0 Å². The SMILES string of the molecule is Nc1cc(F)cc(C(=O)Nc2c(F)cc(F)cc2Cl)c1F. The molecule has 0 spiro atoms. The number of benzene rings is 2. The van der Waals surface area contributed by atoms with Crippen molar-refractivity contribution in [3.05, 3.63) is 58.1 Å². The molecule has 2 aromatic carbocycles. The van der Waals surface area contributed by atoms with Gasteiger partial charge in [-0.2, -0.15) is 0 Å². The van der Waals surface area contributed by atoms with E-state index in [0.717, 1.165) is 6.07 Å². The van der Waals surface area contributed by atoms with Crippen molar-refractivity contribution in [2.75, 3.05) is 11.1 Å². The highest BCUT2D eigenvalue weighted by Crippen LogP contribution is 2.27. The summed E-state index contributed by atoms with van der Waals surface area (Å²) in [4.78, 5) is 11.8. The Kier molecular flexibility index (Phi) is 4.04. The van der Waals surface area contributed by atoms with Crippen molar-refractivity contribution in [2.24, 2.45) is 0 Å². The van der Waals surface area contributed by atoms with Crippen molar-refractivity contribution in [2.45, 2.75) is 0 Å². The molecule has 0 bridgehead atoms. The molecule has 0 aromatic heterocycles. The van der Waals surface area contributed by atoms with Gasteiger partial charge in [-0.05, 0) is 18.2 Å². The molecule has 0 aliphatic carbocycles. The molecule has 110 valence electrons. The Hall–Kier alpha value is -2.28. The zero-order valence-electron chi connectivity index (χ0n) is 10.2. The van der Waals surface area contributed by atoms with Crippen LogP contribution in [0.15, 0.2) is 24.3 Å². The monoisotopic (exact) mass is 318 g/mol. The van der Waals surface area contributed by atoms with Gasteiger partial charge in [-0.15, -0.1) is 0 Å². The highest BCUT2D eigenvalue weighted by atomic mass is 35.5. The Balaban J connectivity index is 2.40. The van der Waals surface area contributed by atoms with E-state index in [1.165, 1.54) is 0 Å². The molecule has 0 saturated carbocycles. The van der Waals surface area contributed by atoms with Crippen LogP contribution < -0.4 is 11.1 Å². The first-order chi connectivity index (χ1) is 9.79. The van der Waals surface area contributed by atoms with Crippen molar-refractivity contribution < 1.29 is 22.4 Å². The van der Waals surface area contributed by atoms with E-state index < -0.39 is 51.1 Å². The molecule has 1 amide bonds. The summed E-state index contributed by atoms with van der Waals surface area (Å²) in [7, 11) is 0. The van der Waals surface area contributed by atoms with Crippen LogP contribution in [0.5, 0.6) is 0 Å². The maximum atomic E-state index is 13.7. The van der Waals surface area contributed by atoms with Gasteiger partial charge in [0.25, 0.3) is 5.91 Å². The molecule has 21 heavy (non-hydrogen) atoms. The van der Waals surface area contributed by atoms with Gasteiger partial charge in [0.1, 0.15) is 11.6 Å². The van der Waals surface area contributed by atoms with E-state index >= 15 is 0 Å². The van der Waals surface area contributed by atoms with Gasteiger partial charge < -0.3 is 11.1 Å². The number of anilines is 2. The molecule has 0 aliphatic heterocycles. The van der Waals surface area contributed by atoms with Crippen LogP contribution in [-0.4, -0.2) is 5.91 Å². The zero-order chi connectivity index (χ0) is 15.7. The molecule has 2 aromatic rings. The quantitative estimate of drug-likeness (QED) is 0.655. The van der Waals surface area contributed by atoms with Gasteiger partial charge in [0, 0.05) is 6.07 Å². The normalized spacial score (nSPS) is 10.5. The molecule has 0 aliphatic rings. The summed E-state index contributed by atoms with van der Waals surface area (Å²) in [5, 5.41) is 1.52. The average molecular weight is 319 g/mol. The van der Waals surface area contributed by atoms with Gasteiger partial charge in [-0.25, -0.2) is 17.6 Å². The Bertz CT molecular complexity index is 713. The molecule has 8 heteroatoms. The van der Waals surface area contributed by atoms with Gasteiger partial charge in [-0.1, -0.05) is 11.6 Å². The topological polar surface area (TPSA) is 55.1 Å². The summed E-state index contributed by atoms with van der Waals surface area (Å²) in [6.07, 6.45) is 0. The van der Waals surface area contributed by atoms with Crippen LogP contribution in [-0.2, 0) is 0 Å². The molecule has 0 fully saturated rings. The summed E-state index contributed by atoms with van der Waals surface area (Å²) in [5.74, 6) is -5.38. The maximum Gasteiger partial charge on any atom is 0.258 e. The van der Waals surface area contributed by atoms with Crippen molar-refractivity contribution in [3.8, 4) is 0 Å². The van der Waals surface area contributed by atoms with Gasteiger partial charge in [-0.3, -0.25) is 4.79 Å². The number of carbonyl (C=O) groups is 1. The second-order valence-corrected chi connectivity index (χ2v) is 4.46. The van der Waals surface area contributed by atoms with Crippen LogP contribution in [0.4, 0.5) is 28.9 Å². The number of halogens is 5. The fraction of sp³-hybridized carbons (Fsp3) is 0. The Labute approximate surface area is 121 Å². The van der Waals surface area contributed by atoms with E-state index in [1.54, 1.807) is 0 Å². The third-order valence-corrected chi connectivity index (χ3v) is 2.85. The van der Waals surface area contributed by atoms with Crippen LogP contribution in [0, 0.1) is 23.3 Å². The molecule has 0 unspecified atom stereocenters. The minimum atomic E-state index is -1.17. The van der Waals surface area contributed by atoms with Gasteiger partial charge in [0.05, 0.1) is 22.0 Å². The van der Waals surface area contributed by atoms with Crippen LogP contribution in [0.3, 0.4) is 0 Å². The number of nitrogens with one attached hydrogen (secondary N) is 1. The molecule has 3 nitrogen and oxygen atoms in total. The number of rotatable bonds is 2. The maximum absolute atomic E-state index is 13.7. The predicted molar refractivity (Wildman–Crippen MR) is 70.1 cm³/mol. The lowest BCUT2D eigenvalue weighted by Crippen LogP contribution is -2.16. The minimum absolute atomic E-state index is 0.425. The Morgan fingerprint density at radius 3 is 2.29 bits per heavy atom. The lowest BCUT2D eigenvalue weighted by Gasteiger charge is -2.10. The fourth-order valence-corrected chi connectivity index (χ4v) is 1.86. The minimum Gasteiger partial charge on any atom is -0.396 e. The zero-order valence-corrected chi connectivity index (χ0v) is 10.9. The number of nitrogen functional groups attached to an aromatic ring is 1. The molecule has 3 N–H and O–H groups in total. The molecule has 0 radical (unpaired) electrons. The Morgan fingerprint density at radius 2 is 1.67 bits per heavy atom. The van der Waals surface area contributed by atoms with Crippen LogP contribution in [0.25, 0.3) is 0 Å². The standard InChI is InChI=1S/C13H7ClF4N2O/c14-8-2-6(16)3-9(17)12(8)20-13(21)7-1-5(15)4-10(19)11(7)18/h1-4H,19H2,(H,20,21). The highest BCUT2D eigenvalue weighted by Gasteiger charge is 2.19. The Morgan fingerprint density at radius 1 is 1.05 bits per heavy atom. The molecular weight excluding hydrogens is 312 g/mol. The predicted octanol–water partition coefficient (Wildman–Crippen LogP) is 3.73. The largest absolute Gasteiger partial charge is 0.396 e. The van der Waals surface area contributed by atoms with E-state index in [9.17, 15) is 22.4 Å². The van der Waals surface area contributed by atoms with E-state index in [-0.39, 0.29) is 0 Å². The van der Waals surface area contributed by atoms with Crippen molar-refractivity contribution in [1.29, 1.82) is 0 Å². The van der Waals surface area contributed by atoms with Crippen molar-refractivity contribution in [1.82, 2.24) is 0 Å². The molecule has 0 heterocycles. The summed E-state index contributed by atoms with van der Waals surface area (Å²) in [6.45, 7) is 0. The van der Waals surface area contributed by atoms with E-state index in [1.807, 2.05) is 5.32 Å². The second kappa shape index (κ2) is 5.61. The lowest BCUT2D eigenvalue weighted by molar-refractivity contribution is 0.102.